The van der Waals surface area contributed by atoms with Crippen LogP contribution in [0.2, 0.25) is 0 Å². The van der Waals surface area contributed by atoms with Crippen LogP contribution < -0.4 is 5.32 Å². The first-order chi connectivity index (χ1) is 10.0. The summed E-state index contributed by atoms with van der Waals surface area (Å²) in [5.74, 6) is -0.649. The minimum absolute atomic E-state index is 0.142. The molecule has 4 heteroatoms. The van der Waals surface area contributed by atoms with Crippen LogP contribution in [-0.2, 0) is 16.1 Å². The van der Waals surface area contributed by atoms with E-state index in [1.807, 2.05) is 50.3 Å². The standard InChI is InChI=1S/C17H25NO3/c1-13(2)9-10-15(17(20)18-3)16(19)12-21-11-14-7-5-4-6-8-14/h4-9,15-16,19H,10-12H2,1-3H3,(H,18,20)/t15-,16-/m0/s1. The molecule has 0 aliphatic heterocycles. The summed E-state index contributed by atoms with van der Waals surface area (Å²) >= 11 is 0. The molecule has 4 nitrogen and oxygen atoms in total. The number of carbonyl (C=O) groups excluding carboxylic acids is 1. The van der Waals surface area contributed by atoms with Crippen molar-refractivity contribution in [1.82, 2.24) is 5.32 Å². The third-order valence-electron chi connectivity index (χ3n) is 3.23. The zero-order chi connectivity index (χ0) is 15.7. The molecule has 21 heavy (non-hydrogen) atoms. The van der Waals surface area contributed by atoms with Crippen molar-refractivity contribution in [3.63, 3.8) is 0 Å². The second-order valence-electron chi connectivity index (χ2n) is 5.31. The average Bonchev–Trinajstić information content (AvgIpc) is 2.48. The molecule has 0 fully saturated rings. The highest BCUT2D eigenvalue weighted by molar-refractivity contribution is 5.79. The summed E-state index contributed by atoms with van der Waals surface area (Å²) in [5.41, 5.74) is 2.17. The second-order valence-corrected chi connectivity index (χ2v) is 5.31. The Morgan fingerprint density at radius 2 is 2.00 bits per heavy atom. The fourth-order valence-corrected chi connectivity index (χ4v) is 1.97. The van der Waals surface area contributed by atoms with Gasteiger partial charge in [0.25, 0.3) is 0 Å². The van der Waals surface area contributed by atoms with E-state index in [-0.39, 0.29) is 12.5 Å². The quantitative estimate of drug-likeness (QED) is 0.722. The predicted molar refractivity (Wildman–Crippen MR) is 83.7 cm³/mol. The fraction of sp³-hybridized carbons (Fsp3) is 0.471. The van der Waals surface area contributed by atoms with Gasteiger partial charge in [0, 0.05) is 7.05 Å². The Kier molecular flexibility index (Phi) is 7.72. The Labute approximate surface area is 126 Å². The van der Waals surface area contributed by atoms with Gasteiger partial charge in [-0.2, -0.15) is 0 Å². The molecule has 2 N–H and O–H groups in total. The van der Waals surface area contributed by atoms with Gasteiger partial charge in [-0.15, -0.1) is 0 Å². The van der Waals surface area contributed by atoms with Crippen molar-refractivity contribution in [2.75, 3.05) is 13.7 Å². The largest absolute Gasteiger partial charge is 0.390 e. The molecular weight excluding hydrogens is 266 g/mol. The molecule has 116 valence electrons. The van der Waals surface area contributed by atoms with E-state index in [1.54, 1.807) is 7.05 Å². The van der Waals surface area contributed by atoms with Gasteiger partial charge in [-0.1, -0.05) is 42.0 Å². The molecule has 0 aliphatic rings. The minimum atomic E-state index is -0.815. The van der Waals surface area contributed by atoms with E-state index in [0.29, 0.717) is 13.0 Å². The van der Waals surface area contributed by atoms with Crippen LogP contribution in [0, 0.1) is 5.92 Å². The maximum atomic E-state index is 11.8. The molecule has 1 rings (SSSR count). The third-order valence-corrected chi connectivity index (χ3v) is 3.23. The van der Waals surface area contributed by atoms with Crippen molar-refractivity contribution in [2.45, 2.75) is 33.0 Å². The Morgan fingerprint density at radius 1 is 1.33 bits per heavy atom. The zero-order valence-corrected chi connectivity index (χ0v) is 13.0. The summed E-state index contributed by atoms with van der Waals surface area (Å²) in [6.07, 6.45) is 1.65. The van der Waals surface area contributed by atoms with Crippen LogP contribution in [0.25, 0.3) is 0 Å². The second kappa shape index (κ2) is 9.32. The summed E-state index contributed by atoms with van der Waals surface area (Å²) in [7, 11) is 1.58. The number of allylic oxidation sites excluding steroid dienone is 2. The molecule has 0 spiro atoms. The van der Waals surface area contributed by atoms with Crippen LogP contribution in [0.3, 0.4) is 0 Å². The number of benzene rings is 1. The van der Waals surface area contributed by atoms with Crippen LogP contribution in [-0.4, -0.2) is 30.8 Å². The van der Waals surface area contributed by atoms with Crippen molar-refractivity contribution >= 4 is 5.91 Å². The molecule has 0 radical (unpaired) electrons. The van der Waals surface area contributed by atoms with E-state index < -0.39 is 12.0 Å². The molecule has 0 bridgehead atoms. The Bertz CT molecular complexity index is 452. The van der Waals surface area contributed by atoms with Gasteiger partial charge in [0.1, 0.15) is 0 Å². The highest BCUT2D eigenvalue weighted by Crippen LogP contribution is 2.13. The number of hydrogen-bond acceptors (Lipinski definition) is 3. The summed E-state index contributed by atoms with van der Waals surface area (Å²) < 4.78 is 5.51. The Hall–Kier alpha value is -1.65. The number of aliphatic hydroxyl groups excluding tert-OH is 1. The first-order valence-corrected chi connectivity index (χ1v) is 7.19. The van der Waals surface area contributed by atoms with Crippen molar-refractivity contribution in [2.24, 2.45) is 5.92 Å². The van der Waals surface area contributed by atoms with Gasteiger partial charge in [0.05, 0.1) is 25.2 Å². The van der Waals surface area contributed by atoms with Gasteiger partial charge in [-0.05, 0) is 25.8 Å². The highest BCUT2D eigenvalue weighted by Gasteiger charge is 2.25. The van der Waals surface area contributed by atoms with E-state index in [9.17, 15) is 9.90 Å². The Morgan fingerprint density at radius 3 is 2.57 bits per heavy atom. The molecule has 0 aliphatic carbocycles. The van der Waals surface area contributed by atoms with Crippen LogP contribution >= 0.6 is 0 Å². The molecule has 1 aromatic rings. The van der Waals surface area contributed by atoms with Crippen molar-refractivity contribution < 1.29 is 14.6 Å². The summed E-state index contributed by atoms with van der Waals surface area (Å²) in [6, 6.07) is 9.76. The summed E-state index contributed by atoms with van der Waals surface area (Å²) in [5, 5.41) is 12.8. The molecule has 0 saturated carbocycles. The maximum Gasteiger partial charge on any atom is 0.225 e. The lowest BCUT2D eigenvalue weighted by atomic mass is 9.97. The third kappa shape index (κ3) is 6.56. The highest BCUT2D eigenvalue weighted by atomic mass is 16.5. The van der Waals surface area contributed by atoms with E-state index in [0.717, 1.165) is 11.1 Å². The van der Waals surface area contributed by atoms with Crippen molar-refractivity contribution in [1.29, 1.82) is 0 Å². The van der Waals surface area contributed by atoms with Crippen LogP contribution in [0.5, 0.6) is 0 Å². The number of ether oxygens (including phenoxy) is 1. The monoisotopic (exact) mass is 291 g/mol. The number of rotatable bonds is 8. The smallest absolute Gasteiger partial charge is 0.225 e. The molecule has 2 atom stereocenters. The lowest BCUT2D eigenvalue weighted by Crippen LogP contribution is -2.38. The number of nitrogens with one attached hydrogen (secondary N) is 1. The minimum Gasteiger partial charge on any atom is -0.390 e. The van der Waals surface area contributed by atoms with E-state index in [4.69, 9.17) is 4.74 Å². The number of carbonyl (C=O) groups is 1. The van der Waals surface area contributed by atoms with Crippen LogP contribution in [0.15, 0.2) is 42.0 Å². The lowest BCUT2D eigenvalue weighted by molar-refractivity contribution is -0.129. The van der Waals surface area contributed by atoms with E-state index in [1.165, 1.54) is 0 Å². The molecule has 0 aromatic heterocycles. The lowest BCUT2D eigenvalue weighted by Gasteiger charge is -2.20. The zero-order valence-electron chi connectivity index (χ0n) is 13.0. The summed E-state index contributed by atoms with van der Waals surface area (Å²) in [4.78, 5) is 11.8. The molecule has 1 amide bonds. The molecule has 1 aromatic carbocycles. The predicted octanol–water partition coefficient (Wildman–Crippen LogP) is 2.28. The van der Waals surface area contributed by atoms with Gasteiger partial charge in [-0.3, -0.25) is 4.79 Å². The summed E-state index contributed by atoms with van der Waals surface area (Å²) in [6.45, 7) is 4.52. The number of aliphatic hydroxyl groups is 1. The van der Waals surface area contributed by atoms with Crippen LogP contribution in [0.4, 0.5) is 0 Å². The van der Waals surface area contributed by atoms with Crippen molar-refractivity contribution in [3.05, 3.63) is 47.5 Å². The first-order valence-electron chi connectivity index (χ1n) is 7.19. The van der Waals surface area contributed by atoms with E-state index in [2.05, 4.69) is 5.32 Å². The van der Waals surface area contributed by atoms with Crippen LogP contribution in [0.1, 0.15) is 25.8 Å². The van der Waals surface area contributed by atoms with Gasteiger partial charge in [0.15, 0.2) is 0 Å². The SMILES string of the molecule is CNC(=O)[C@@H](CC=C(C)C)[C@@H](O)COCc1ccccc1. The van der Waals surface area contributed by atoms with E-state index >= 15 is 0 Å². The average molecular weight is 291 g/mol. The molecule has 0 heterocycles. The Balaban J connectivity index is 2.50. The van der Waals surface area contributed by atoms with Gasteiger partial charge >= 0.3 is 0 Å². The fourth-order valence-electron chi connectivity index (χ4n) is 1.97. The molecular formula is C17H25NO3. The maximum absolute atomic E-state index is 11.8. The molecule has 0 saturated heterocycles. The molecule has 0 unspecified atom stereocenters. The topological polar surface area (TPSA) is 58.6 Å². The number of hydrogen-bond donors (Lipinski definition) is 2. The number of amides is 1. The van der Waals surface area contributed by atoms with Gasteiger partial charge in [0.2, 0.25) is 5.91 Å². The first kappa shape index (κ1) is 17.4. The van der Waals surface area contributed by atoms with Gasteiger partial charge in [-0.25, -0.2) is 0 Å². The van der Waals surface area contributed by atoms with Crippen molar-refractivity contribution in [3.8, 4) is 0 Å². The van der Waals surface area contributed by atoms with Gasteiger partial charge < -0.3 is 15.2 Å². The normalized spacial score (nSPS) is 13.3.